The van der Waals surface area contributed by atoms with Crippen molar-refractivity contribution < 1.29 is 8.42 Å². The fourth-order valence-corrected chi connectivity index (χ4v) is 5.01. The lowest BCUT2D eigenvalue weighted by Crippen LogP contribution is -2.41. The molecule has 2 aliphatic heterocycles. The molecule has 104 valence electrons. The highest BCUT2D eigenvalue weighted by atomic mass is 35.5. The monoisotopic (exact) mass is 300 g/mol. The summed E-state index contributed by atoms with van der Waals surface area (Å²) in [5, 5.41) is 3.71. The molecule has 0 spiro atoms. The van der Waals surface area contributed by atoms with E-state index < -0.39 is 10.0 Å². The lowest BCUT2D eigenvalue weighted by Gasteiger charge is -2.24. The Kier molecular flexibility index (Phi) is 3.55. The van der Waals surface area contributed by atoms with Gasteiger partial charge in [0.2, 0.25) is 10.0 Å². The SMILES string of the molecule is O=S(=O)(c1ccccc1Cl)N1C[C@@H]2CCCN[C@@H]2C1. The van der Waals surface area contributed by atoms with Crippen LogP contribution < -0.4 is 5.32 Å². The number of nitrogens with zero attached hydrogens (tertiary/aromatic N) is 1. The Bertz CT molecular complexity index is 562. The molecule has 0 radical (unpaired) electrons. The molecule has 2 heterocycles. The van der Waals surface area contributed by atoms with E-state index in [9.17, 15) is 8.42 Å². The number of nitrogens with one attached hydrogen (secondary N) is 1. The smallest absolute Gasteiger partial charge is 0.244 e. The second kappa shape index (κ2) is 5.05. The lowest BCUT2D eigenvalue weighted by molar-refractivity contribution is 0.339. The maximum absolute atomic E-state index is 12.6. The van der Waals surface area contributed by atoms with Crippen LogP contribution in [0, 0.1) is 5.92 Å². The minimum atomic E-state index is -3.47. The molecule has 3 rings (SSSR count). The van der Waals surface area contributed by atoms with Crippen LogP contribution in [0.3, 0.4) is 0 Å². The highest BCUT2D eigenvalue weighted by Gasteiger charge is 2.40. The number of hydrogen-bond donors (Lipinski definition) is 1. The van der Waals surface area contributed by atoms with Crippen molar-refractivity contribution in [2.45, 2.75) is 23.8 Å². The number of hydrogen-bond acceptors (Lipinski definition) is 3. The first kappa shape index (κ1) is 13.4. The van der Waals surface area contributed by atoms with E-state index in [4.69, 9.17) is 11.6 Å². The van der Waals surface area contributed by atoms with Crippen molar-refractivity contribution in [2.24, 2.45) is 5.92 Å². The van der Waals surface area contributed by atoms with Crippen LogP contribution in [0.5, 0.6) is 0 Å². The second-order valence-electron chi connectivity index (χ2n) is 5.22. The number of rotatable bonds is 2. The van der Waals surface area contributed by atoms with Crippen LogP contribution in [0.2, 0.25) is 5.02 Å². The maximum atomic E-state index is 12.6. The van der Waals surface area contributed by atoms with E-state index in [1.165, 1.54) is 0 Å². The van der Waals surface area contributed by atoms with Gasteiger partial charge in [0.1, 0.15) is 4.90 Å². The summed E-state index contributed by atoms with van der Waals surface area (Å²) < 4.78 is 26.8. The molecule has 1 N–H and O–H groups in total. The normalized spacial score (nSPS) is 28.3. The molecule has 1 aromatic rings. The number of fused-ring (bicyclic) bond motifs is 1. The highest BCUT2D eigenvalue weighted by Crippen LogP contribution is 2.31. The average Bonchev–Trinajstić information content (AvgIpc) is 2.83. The fraction of sp³-hybridized carbons (Fsp3) is 0.538. The molecule has 0 amide bonds. The van der Waals surface area contributed by atoms with E-state index in [2.05, 4.69) is 5.32 Å². The van der Waals surface area contributed by atoms with Crippen molar-refractivity contribution in [3.63, 3.8) is 0 Å². The van der Waals surface area contributed by atoms with Crippen molar-refractivity contribution in [3.8, 4) is 0 Å². The first-order valence-corrected chi connectivity index (χ1v) is 8.39. The second-order valence-corrected chi connectivity index (χ2v) is 7.53. The molecule has 2 fully saturated rings. The predicted molar refractivity (Wildman–Crippen MR) is 74.7 cm³/mol. The largest absolute Gasteiger partial charge is 0.312 e. The first-order valence-electron chi connectivity index (χ1n) is 6.57. The summed E-state index contributed by atoms with van der Waals surface area (Å²) in [7, 11) is -3.47. The third-order valence-corrected chi connectivity index (χ3v) is 6.35. The van der Waals surface area contributed by atoms with E-state index in [0.717, 1.165) is 19.4 Å². The number of piperidine rings is 1. The molecule has 19 heavy (non-hydrogen) atoms. The molecule has 2 aliphatic rings. The van der Waals surface area contributed by atoms with E-state index >= 15 is 0 Å². The predicted octanol–water partition coefficient (Wildman–Crippen LogP) is 1.71. The van der Waals surface area contributed by atoms with Crippen LogP contribution in [0.1, 0.15) is 12.8 Å². The Balaban J connectivity index is 1.88. The van der Waals surface area contributed by atoms with E-state index in [1.807, 2.05) is 0 Å². The average molecular weight is 301 g/mol. The van der Waals surface area contributed by atoms with E-state index in [-0.39, 0.29) is 4.90 Å². The summed E-state index contributed by atoms with van der Waals surface area (Å²) in [5.74, 6) is 0.436. The van der Waals surface area contributed by atoms with Gasteiger partial charge < -0.3 is 5.32 Å². The van der Waals surface area contributed by atoms with Crippen LogP contribution in [0.25, 0.3) is 0 Å². The molecule has 2 atom stereocenters. The van der Waals surface area contributed by atoms with Gasteiger partial charge in [-0.1, -0.05) is 23.7 Å². The van der Waals surface area contributed by atoms with Crippen LogP contribution in [-0.4, -0.2) is 38.4 Å². The number of benzene rings is 1. The third-order valence-electron chi connectivity index (χ3n) is 4.02. The summed E-state index contributed by atoms with van der Waals surface area (Å²) in [6, 6.07) is 6.95. The minimum absolute atomic E-state index is 0.218. The molecule has 1 aromatic carbocycles. The van der Waals surface area contributed by atoms with Crippen molar-refractivity contribution in [1.29, 1.82) is 0 Å². The zero-order valence-electron chi connectivity index (χ0n) is 10.5. The summed E-state index contributed by atoms with van der Waals surface area (Å²) >= 11 is 6.02. The highest BCUT2D eigenvalue weighted by molar-refractivity contribution is 7.89. The quantitative estimate of drug-likeness (QED) is 0.904. The van der Waals surface area contributed by atoms with Crippen molar-refractivity contribution in [1.82, 2.24) is 9.62 Å². The van der Waals surface area contributed by atoms with Crippen LogP contribution in [0.15, 0.2) is 29.2 Å². The maximum Gasteiger partial charge on any atom is 0.244 e. The van der Waals surface area contributed by atoms with Gasteiger partial charge in [-0.05, 0) is 37.4 Å². The Morgan fingerprint density at radius 3 is 2.79 bits per heavy atom. The van der Waals surface area contributed by atoms with Gasteiger partial charge in [-0.15, -0.1) is 0 Å². The van der Waals surface area contributed by atoms with Gasteiger partial charge >= 0.3 is 0 Å². The molecule has 2 saturated heterocycles. The molecule has 0 unspecified atom stereocenters. The molecule has 6 heteroatoms. The number of halogens is 1. The van der Waals surface area contributed by atoms with Crippen LogP contribution in [0.4, 0.5) is 0 Å². The molecule has 4 nitrogen and oxygen atoms in total. The summed E-state index contributed by atoms with van der Waals surface area (Å²) in [6.07, 6.45) is 2.23. The van der Waals surface area contributed by atoms with E-state index in [1.54, 1.807) is 28.6 Å². The van der Waals surface area contributed by atoms with Crippen molar-refractivity contribution in [3.05, 3.63) is 29.3 Å². The first-order chi connectivity index (χ1) is 9.09. The van der Waals surface area contributed by atoms with Gasteiger partial charge in [0, 0.05) is 19.1 Å². The van der Waals surface area contributed by atoms with Gasteiger partial charge in [0.25, 0.3) is 0 Å². The lowest BCUT2D eigenvalue weighted by atomic mass is 9.94. The zero-order chi connectivity index (χ0) is 13.5. The van der Waals surface area contributed by atoms with Gasteiger partial charge in [-0.3, -0.25) is 0 Å². The van der Waals surface area contributed by atoms with Gasteiger partial charge in [0.05, 0.1) is 5.02 Å². The topological polar surface area (TPSA) is 49.4 Å². The summed E-state index contributed by atoms with van der Waals surface area (Å²) in [5.41, 5.74) is 0. The van der Waals surface area contributed by atoms with Crippen LogP contribution in [-0.2, 0) is 10.0 Å². The van der Waals surface area contributed by atoms with Gasteiger partial charge in [0.15, 0.2) is 0 Å². The zero-order valence-corrected chi connectivity index (χ0v) is 12.1. The fourth-order valence-electron chi connectivity index (χ4n) is 3.00. The molecule has 0 bridgehead atoms. The molecular formula is C13H17ClN2O2S. The van der Waals surface area contributed by atoms with Gasteiger partial charge in [-0.2, -0.15) is 4.31 Å². The molecular weight excluding hydrogens is 284 g/mol. The summed E-state index contributed by atoms with van der Waals surface area (Å²) in [4.78, 5) is 0.218. The molecule has 0 aromatic heterocycles. The van der Waals surface area contributed by atoms with Crippen molar-refractivity contribution in [2.75, 3.05) is 19.6 Å². The molecule has 0 saturated carbocycles. The summed E-state index contributed by atoms with van der Waals surface area (Å²) in [6.45, 7) is 2.14. The molecule has 0 aliphatic carbocycles. The number of sulfonamides is 1. The van der Waals surface area contributed by atoms with Crippen LogP contribution >= 0.6 is 11.6 Å². The Labute approximate surface area is 118 Å². The van der Waals surface area contributed by atoms with E-state index in [0.29, 0.717) is 30.1 Å². The van der Waals surface area contributed by atoms with Gasteiger partial charge in [-0.25, -0.2) is 8.42 Å². The van der Waals surface area contributed by atoms with Crippen molar-refractivity contribution >= 4 is 21.6 Å². The Morgan fingerprint density at radius 1 is 1.26 bits per heavy atom. The Hall–Kier alpha value is -0.620. The minimum Gasteiger partial charge on any atom is -0.312 e. The third kappa shape index (κ3) is 2.40. The Morgan fingerprint density at radius 2 is 2.05 bits per heavy atom. The standard InChI is InChI=1S/C13H17ClN2O2S/c14-11-5-1-2-6-13(11)19(17,18)16-8-10-4-3-7-15-12(10)9-16/h1-2,5-6,10,12,15H,3-4,7-9H2/t10-,12+/m0/s1.